The first-order chi connectivity index (χ1) is 12.6. The largest absolute Gasteiger partial charge is 0.453 e. The first-order valence-electron chi connectivity index (χ1n) is 8.59. The molecule has 0 aliphatic rings. The Balaban J connectivity index is 2.00. The van der Waals surface area contributed by atoms with Gasteiger partial charge in [-0.15, -0.1) is 0 Å². The van der Waals surface area contributed by atoms with Gasteiger partial charge in [-0.3, -0.25) is 5.32 Å². The number of hydrogen-bond acceptors (Lipinski definition) is 3. The molecule has 0 saturated carbocycles. The van der Waals surface area contributed by atoms with E-state index in [0.29, 0.717) is 12.2 Å². The van der Waals surface area contributed by atoms with Crippen LogP contribution in [0.5, 0.6) is 0 Å². The van der Waals surface area contributed by atoms with Crippen LogP contribution in [0.25, 0.3) is 0 Å². The third-order valence-corrected chi connectivity index (χ3v) is 3.76. The third kappa shape index (κ3) is 6.12. The molecule has 2 aromatic rings. The fourth-order valence-electron chi connectivity index (χ4n) is 2.43. The molecule has 0 radical (unpaired) electrons. The molecular weight excluding hydrogens is 328 g/mol. The Morgan fingerprint density at radius 3 is 2.38 bits per heavy atom. The van der Waals surface area contributed by atoms with Gasteiger partial charge in [-0.2, -0.15) is 0 Å². The monoisotopic (exact) mass is 354 g/mol. The zero-order valence-corrected chi connectivity index (χ0v) is 15.5. The number of ether oxygens (including phenoxy) is 1. The normalized spacial score (nSPS) is 11.0. The second-order valence-corrected chi connectivity index (χ2v) is 5.83. The molecule has 0 heterocycles. The average Bonchev–Trinajstić information content (AvgIpc) is 2.67. The second kappa shape index (κ2) is 10.1. The van der Waals surface area contributed by atoms with Gasteiger partial charge in [-0.05, 0) is 30.2 Å². The van der Waals surface area contributed by atoms with E-state index >= 15 is 0 Å². The summed E-state index contributed by atoms with van der Waals surface area (Å²) in [6.45, 7) is 4.20. The van der Waals surface area contributed by atoms with E-state index < -0.39 is 6.09 Å². The summed E-state index contributed by atoms with van der Waals surface area (Å²) in [5, 5.41) is 5.95. The van der Waals surface area contributed by atoms with Crippen LogP contribution in [-0.4, -0.2) is 37.7 Å². The molecule has 2 N–H and O–H groups in total. The number of carbonyl (C=O) groups excluding carboxylic acids is 1. The number of guanidine groups is 1. The quantitative estimate of drug-likeness (QED) is 0.616. The summed E-state index contributed by atoms with van der Waals surface area (Å²) in [7, 11) is 3.37. The lowest BCUT2D eigenvalue weighted by molar-refractivity contribution is 0.187. The van der Waals surface area contributed by atoms with Crippen LogP contribution in [0.1, 0.15) is 18.1 Å². The summed E-state index contributed by atoms with van der Waals surface area (Å²) < 4.78 is 4.58. The van der Waals surface area contributed by atoms with Crippen LogP contribution in [-0.2, 0) is 17.8 Å². The number of carbonyl (C=O) groups is 1. The maximum atomic E-state index is 11.2. The molecule has 0 atom stereocenters. The Morgan fingerprint density at radius 2 is 1.77 bits per heavy atom. The fourth-order valence-corrected chi connectivity index (χ4v) is 2.43. The van der Waals surface area contributed by atoms with Crippen molar-refractivity contribution in [2.75, 3.05) is 26.0 Å². The highest BCUT2D eigenvalue weighted by Crippen LogP contribution is 2.11. The van der Waals surface area contributed by atoms with Crippen molar-refractivity contribution in [1.29, 1.82) is 0 Å². The molecular formula is C20H26N4O2. The zero-order chi connectivity index (χ0) is 18.8. The SMILES string of the molecule is CCNC(=NCc1ccc(NC(=O)OC)cc1)N(C)Cc1ccccc1. The van der Waals surface area contributed by atoms with E-state index in [2.05, 4.69) is 39.3 Å². The highest BCUT2D eigenvalue weighted by molar-refractivity contribution is 5.84. The Hall–Kier alpha value is -3.02. The molecule has 0 fully saturated rings. The molecule has 0 unspecified atom stereocenters. The maximum absolute atomic E-state index is 11.2. The minimum absolute atomic E-state index is 0.479. The number of amides is 1. The van der Waals surface area contributed by atoms with Crippen molar-refractivity contribution in [2.24, 2.45) is 4.99 Å². The highest BCUT2D eigenvalue weighted by Gasteiger charge is 2.06. The van der Waals surface area contributed by atoms with Crippen LogP contribution in [0.15, 0.2) is 59.6 Å². The number of rotatable bonds is 6. The molecule has 0 aliphatic carbocycles. The summed E-state index contributed by atoms with van der Waals surface area (Å²) >= 11 is 0. The van der Waals surface area contributed by atoms with Crippen molar-refractivity contribution in [3.8, 4) is 0 Å². The number of hydrogen-bond donors (Lipinski definition) is 2. The molecule has 0 aromatic heterocycles. The van der Waals surface area contributed by atoms with Crippen molar-refractivity contribution in [3.05, 3.63) is 65.7 Å². The Kier molecular flexibility index (Phi) is 7.49. The predicted octanol–water partition coefficient (Wildman–Crippen LogP) is 3.46. The Bertz CT molecular complexity index is 714. The maximum Gasteiger partial charge on any atom is 0.411 e. The van der Waals surface area contributed by atoms with Crippen LogP contribution >= 0.6 is 0 Å². The Morgan fingerprint density at radius 1 is 1.08 bits per heavy atom. The van der Waals surface area contributed by atoms with Crippen LogP contribution in [0.4, 0.5) is 10.5 Å². The van der Waals surface area contributed by atoms with Gasteiger partial charge in [-0.25, -0.2) is 9.79 Å². The molecule has 0 bridgehead atoms. The van der Waals surface area contributed by atoms with Crippen molar-refractivity contribution in [2.45, 2.75) is 20.0 Å². The summed E-state index contributed by atoms with van der Waals surface area (Å²) in [4.78, 5) is 18.0. The van der Waals surface area contributed by atoms with E-state index in [4.69, 9.17) is 4.99 Å². The van der Waals surface area contributed by atoms with E-state index in [-0.39, 0.29) is 0 Å². The number of benzene rings is 2. The van der Waals surface area contributed by atoms with Crippen LogP contribution in [0.3, 0.4) is 0 Å². The zero-order valence-electron chi connectivity index (χ0n) is 15.5. The molecule has 0 aliphatic heterocycles. The van der Waals surface area contributed by atoms with Crippen molar-refractivity contribution >= 4 is 17.7 Å². The predicted molar refractivity (Wildman–Crippen MR) is 105 cm³/mol. The smallest absolute Gasteiger partial charge is 0.411 e. The summed E-state index contributed by atoms with van der Waals surface area (Å²) in [6, 6.07) is 17.9. The lowest BCUT2D eigenvalue weighted by Gasteiger charge is -2.22. The van der Waals surface area contributed by atoms with E-state index in [0.717, 1.165) is 24.6 Å². The average molecular weight is 354 g/mol. The highest BCUT2D eigenvalue weighted by atomic mass is 16.5. The molecule has 26 heavy (non-hydrogen) atoms. The minimum atomic E-state index is -0.479. The molecule has 2 rings (SSSR count). The standard InChI is InChI=1S/C20H26N4O2/c1-4-21-19(24(2)15-17-8-6-5-7-9-17)22-14-16-10-12-18(13-11-16)23-20(25)26-3/h5-13H,4,14-15H2,1-3H3,(H,21,22)(H,23,25). The van der Waals surface area contributed by atoms with Crippen LogP contribution in [0.2, 0.25) is 0 Å². The van der Waals surface area contributed by atoms with Gasteiger partial charge >= 0.3 is 6.09 Å². The van der Waals surface area contributed by atoms with Crippen LogP contribution in [0, 0.1) is 0 Å². The fraction of sp³-hybridized carbons (Fsp3) is 0.300. The summed E-state index contributed by atoms with van der Waals surface area (Å²) in [6.07, 6.45) is -0.479. The molecule has 6 heteroatoms. The van der Waals surface area contributed by atoms with Crippen molar-refractivity contribution in [1.82, 2.24) is 10.2 Å². The number of nitrogens with zero attached hydrogens (tertiary/aromatic N) is 2. The lowest BCUT2D eigenvalue weighted by Crippen LogP contribution is -2.38. The van der Waals surface area contributed by atoms with E-state index in [1.54, 1.807) is 0 Å². The third-order valence-electron chi connectivity index (χ3n) is 3.76. The van der Waals surface area contributed by atoms with Gasteiger partial charge in [0.1, 0.15) is 0 Å². The van der Waals surface area contributed by atoms with Gasteiger partial charge in [0.15, 0.2) is 5.96 Å². The molecule has 2 aromatic carbocycles. The second-order valence-electron chi connectivity index (χ2n) is 5.83. The van der Waals surface area contributed by atoms with Crippen molar-refractivity contribution in [3.63, 3.8) is 0 Å². The molecule has 0 spiro atoms. The number of anilines is 1. The van der Waals surface area contributed by atoms with E-state index in [1.807, 2.05) is 49.5 Å². The summed E-state index contributed by atoms with van der Waals surface area (Å²) in [5.41, 5.74) is 2.99. The first-order valence-corrected chi connectivity index (χ1v) is 8.59. The minimum Gasteiger partial charge on any atom is -0.453 e. The Labute approximate surface area is 154 Å². The van der Waals surface area contributed by atoms with Gasteiger partial charge in [-0.1, -0.05) is 42.5 Å². The molecule has 0 saturated heterocycles. The lowest BCUT2D eigenvalue weighted by atomic mass is 10.2. The number of methoxy groups -OCH3 is 1. The van der Waals surface area contributed by atoms with Gasteiger partial charge in [0.2, 0.25) is 0 Å². The molecule has 6 nitrogen and oxygen atoms in total. The topological polar surface area (TPSA) is 66.0 Å². The van der Waals surface area contributed by atoms with Crippen molar-refractivity contribution < 1.29 is 9.53 Å². The van der Waals surface area contributed by atoms with Gasteiger partial charge in [0, 0.05) is 25.8 Å². The van der Waals surface area contributed by atoms with Gasteiger partial charge < -0.3 is 15.0 Å². The van der Waals surface area contributed by atoms with E-state index in [9.17, 15) is 4.79 Å². The van der Waals surface area contributed by atoms with Gasteiger partial charge in [0.25, 0.3) is 0 Å². The molecule has 1 amide bonds. The van der Waals surface area contributed by atoms with Gasteiger partial charge in [0.05, 0.1) is 13.7 Å². The van der Waals surface area contributed by atoms with E-state index in [1.165, 1.54) is 12.7 Å². The summed E-state index contributed by atoms with van der Waals surface area (Å²) in [5.74, 6) is 0.855. The van der Waals surface area contributed by atoms with Crippen LogP contribution < -0.4 is 10.6 Å². The number of aliphatic imine (C=N–C) groups is 1. The molecule has 138 valence electrons. The number of nitrogens with one attached hydrogen (secondary N) is 2. The first kappa shape index (κ1) is 19.3.